The molecule has 0 aromatic carbocycles. The number of nitrogens with one attached hydrogen (secondary N) is 1. The topological polar surface area (TPSA) is 86.9 Å². The van der Waals surface area contributed by atoms with Crippen molar-refractivity contribution < 1.29 is 14.7 Å². The second kappa shape index (κ2) is 4.76. The van der Waals surface area contributed by atoms with Gasteiger partial charge < -0.3 is 19.7 Å². The molecule has 1 aliphatic heterocycles. The molecule has 1 saturated heterocycles. The van der Waals surface area contributed by atoms with E-state index in [0.29, 0.717) is 18.7 Å². The fourth-order valence-corrected chi connectivity index (χ4v) is 2.50. The first-order chi connectivity index (χ1) is 9.98. The maximum atomic E-state index is 12.2. The van der Waals surface area contributed by atoms with Crippen molar-refractivity contribution in [1.82, 2.24) is 14.3 Å². The van der Waals surface area contributed by atoms with Gasteiger partial charge in [0.2, 0.25) is 0 Å². The molecule has 1 aliphatic rings. The monoisotopic (exact) mass is 288 g/mol. The standard InChI is InChI=1S/C14H16N4O3/c1-14(12(19)20)3-6-18(9-14)13(21)16-10-2-5-17-7-4-15-11(17)8-10/h2,4-5,7-8H,3,6,9H2,1H3,(H,16,21)(H,19,20). The van der Waals surface area contributed by atoms with Crippen LogP contribution in [0.2, 0.25) is 0 Å². The number of aromatic nitrogens is 2. The minimum absolute atomic E-state index is 0.222. The Kier molecular flexibility index (Phi) is 3.04. The first-order valence-electron chi connectivity index (χ1n) is 6.70. The molecule has 0 bridgehead atoms. The summed E-state index contributed by atoms with van der Waals surface area (Å²) < 4.78 is 1.84. The van der Waals surface area contributed by atoms with Gasteiger partial charge in [0.25, 0.3) is 0 Å². The van der Waals surface area contributed by atoms with Gasteiger partial charge in [0.05, 0.1) is 5.41 Å². The summed E-state index contributed by atoms with van der Waals surface area (Å²) >= 11 is 0. The molecule has 21 heavy (non-hydrogen) atoms. The number of likely N-dealkylation sites (tertiary alicyclic amines) is 1. The second-order valence-electron chi connectivity index (χ2n) is 5.58. The van der Waals surface area contributed by atoms with Crippen molar-refractivity contribution in [3.63, 3.8) is 0 Å². The van der Waals surface area contributed by atoms with Gasteiger partial charge in [-0.1, -0.05) is 0 Å². The molecule has 1 unspecified atom stereocenters. The summed E-state index contributed by atoms with van der Waals surface area (Å²) in [5.74, 6) is -0.864. The lowest BCUT2D eigenvalue weighted by Crippen LogP contribution is -2.37. The summed E-state index contributed by atoms with van der Waals surface area (Å²) in [6, 6.07) is 3.26. The van der Waals surface area contributed by atoms with Gasteiger partial charge in [0.15, 0.2) is 0 Å². The molecule has 7 nitrogen and oxygen atoms in total. The average Bonchev–Trinajstić information content (AvgIpc) is 3.05. The van der Waals surface area contributed by atoms with Crippen LogP contribution < -0.4 is 5.32 Å². The SMILES string of the molecule is CC1(C(=O)O)CCN(C(=O)Nc2ccn3ccnc3c2)C1. The highest BCUT2D eigenvalue weighted by molar-refractivity contribution is 5.90. The minimum atomic E-state index is -0.864. The zero-order valence-electron chi connectivity index (χ0n) is 11.6. The highest BCUT2D eigenvalue weighted by Gasteiger charge is 2.42. The van der Waals surface area contributed by atoms with Gasteiger partial charge in [-0.05, 0) is 19.4 Å². The predicted molar refractivity (Wildman–Crippen MR) is 76.1 cm³/mol. The summed E-state index contributed by atoms with van der Waals surface area (Å²) in [6.07, 6.45) is 5.78. The van der Waals surface area contributed by atoms with Crippen LogP contribution in [0, 0.1) is 5.41 Å². The van der Waals surface area contributed by atoms with Crippen molar-refractivity contribution in [3.05, 3.63) is 30.7 Å². The third-order valence-corrected chi connectivity index (χ3v) is 3.93. The van der Waals surface area contributed by atoms with Crippen LogP contribution in [0.4, 0.5) is 10.5 Å². The molecule has 1 fully saturated rings. The van der Waals surface area contributed by atoms with Gasteiger partial charge in [0, 0.05) is 43.4 Å². The number of imidazole rings is 1. The molecule has 0 aliphatic carbocycles. The normalized spacial score (nSPS) is 21.7. The third kappa shape index (κ3) is 2.42. The summed E-state index contributed by atoms with van der Waals surface area (Å²) in [7, 11) is 0. The maximum Gasteiger partial charge on any atom is 0.321 e. The molecule has 2 N–H and O–H groups in total. The zero-order chi connectivity index (χ0) is 15.0. The van der Waals surface area contributed by atoms with Crippen molar-refractivity contribution >= 4 is 23.3 Å². The van der Waals surface area contributed by atoms with E-state index >= 15 is 0 Å². The Labute approximate surface area is 121 Å². The molecule has 1 atom stereocenters. The second-order valence-corrected chi connectivity index (χ2v) is 5.58. The van der Waals surface area contributed by atoms with Gasteiger partial charge in [-0.25, -0.2) is 9.78 Å². The van der Waals surface area contributed by atoms with Crippen LogP contribution in [0.15, 0.2) is 30.7 Å². The molecular weight excluding hydrogens is 272 g/mol. The summed E-state index contributed by atoms with van der Waals surface area (Å²) in [5, 5.41) is 12.0. The number of carboxylic acid groups (broad SMARTS) is 1. The van der Waals surface area contributed by atoms with Gasteiger partial charge >= 0.3 is 12.0 Å². The maximum absolute atomic E-state index is 12.2. The summed E-state index contributed by atoms with van der Waals surface area (Å²) in [4.78, 5) is 29.1. The van der Waals surface area contributed by atoms with Crippen LogP contribution in [0.3, 0.4) is 0 Å². The van der Waals surface area contributed by atoms with Crippen molar-refractivity contribution in [1.29, 1.82) is 0 Å². The van der Waals surface area contributed by atoms with Crippen LogP contribution >= 0.6 is 0 Å². The van der Waals surface area contributed by atoms with E-state index in [1.54, 1.807) is 25.3 Å². The lowest BCUT2D eigenvalue weighted by Gasteiger charge is -2.20. The number of aliphatic carboxylic acids is 1. The van der Waals surface area contributed by atoms with Crippen LogP contribution in [0.25, 0.3) is 5.65 Å². The van der Waals surface area contributed by atoms with Crippen molar-refractivity contribution in [3.8, 4) is 0 Å². The number of hydrogen-bond acceptors (Lipinski definition) is 3. The number of nitrogens with zero attached hydrogens (tertiary/aromatic N) is 3. The zero-order valence-corrected chi connectivity index (χ0v) is 11.6. The molecule has 3 rings (SSSR count). The van der Waals surface area contributed by atoms with E-state index in [1.165, 1.54) is 4.90 Å². The van der Waals surface area contributed by atoms with Crippen LogP contribution in [0.5, 0.6) is 0 Å². The van der Waals surface area contributed by atoms with Gasteiger partial charge in [-0.15, -0.1) is 0 Å². The number of hydrogen-bond donors (Lipinski definition) is 2. The molecule has 0 saturated carbocycles. The Morgan fingerprint density at radius 3 is 2.95 bits per heavy atom. The van der Waals surface area contributed by atoms with E-state index in [-0.39, 0.29) is 12.6 Å². The first-order valence-corrected chi connectivity index (χ1v) is 6.70. The minimum Gasteiger partial charge on any atom is -0.481 e. The number of carbonyl (C=O) groups excluding carboxylic acids is 1. The van der Waals surface area contributed by atoms with E-state index in [2.05, 4.69) is 10.3 Å². The summed E-state index contributed by atoms with van der Waals surface area (Å²) in [5.41, 5.74) is 0.525. The Bertz CT molecular complexity index is 711. The first kappa shape index (κ1) is 13.4. The number of carboxylic acids is 1. The molecular formula is C14H16N4O3. The fraction of sp³-hybridized carbons (Fsp3) is 0.357. The number of carbonyl (C=O) groups is 2. The van der Waals surface area contributed by atoms with Gasteiger partial charge in [-0.2, -0.15) is 0 Å². The molecule has 2 amide bonds. The number of fused-ring (bicyclic) bond motifs is 1. The van der Waals surface area contributed by atoms with E-state index < -0.39 is 11.4 Å². The van der Waals surface area contributed by atoms with Crippen molar-refractivity contribution in [2.45, 2.75) is 13.3 Å². The fourth-order valence-electron chi connectivity index (χ4n) is 2.50. The summed E-state index contributed by atoms with van der Waals surface area (Å²) in [6.45, 7) is 2.33. The third-order valence-electron chi connectivity index (χ3n) is 3.93. The molecule has 0 spiro atoms. The number of amides is 2. The quantitative estimate of drug-likeness (QED) is 0.880. The molecule has 2 aromatic rings. The average molecular weight is 288 g/mol. The molecule has 110 valence electrons. The lowest BCUT2D eigenvalue weighted by atomic mass is 9.90. The largest absolute Gasteiger partial charge is 0.481 e. The lowest BCUT2D eigenvalue weighted by molar-refractivity contribution is -0.146. The van der Waals surface area contributed by atoms with Crippen LogP contribution in [-0.2, 0) is 4.79 Å². The highest BCUT2D eigenvalue weighted by Crippen LogP contribution is 2.30. The Morgan fingerprint density at radius 2 is 2.24 bits per heavy atom. The highest BCUT2D eigenvalue weighted by atomic mass is 16.4. The van der Waals surface area contributed by atoms with Crippen molar-refractivity contribution in [2.24, 2.45) is 5.41 Å². The van der Waals surface area contributed by atoms with E-state index in [4.69, 9.17) is 0 Å². The van der Waals surface area contributed by atoms with Crippen LogP contribution in [-0.4, -0.2) is 44.5 Å². The molecule has 0 radical (unpaired) electrons. The molecule has 3 heterocycles. The molecule has 2 aromatic heterocycles. The Balaban J connectivity index is 1.70. The number of pyridine rings is 1. The number of rotatable bonds is 2. The number of anilines is 1. The van der Waals surface area contributed by atoms with E-state index in [9.17, 15) is 14.7 Å². The smallest absolute Gasteiger partial charge is 0.321 e. The van der Waals surface area contributed by atoms with E-state index in [1.807, 2.05) is 16.8 Å². The Morgan fingerprint density at radius 1 is 1.43 bits per heavy atom. The number of urea groups is 1. The van der Waals surface area contributed by atoms with Gasteiger partial charge in [-0.3, -0.25) is 4.79 Å². The van der Waals surface area contributed by atoms with Crippen LogP contribution in [0.1, 0.15) is 13.3 Å². The van der Waals surface area contributed by atoms with Gasteiger partial charge in [0.1, 0.15) is 5.65 Å². The Hall–Kier alpha value is -2.57. The molecule has 7 heteroatoms. The van der Waals surface area contributed by atoms with Crippen molar-refractivity contribution in [2.75, 3.05) is 18.4 Å². The van der Waals surface area contributed by atoms with E-state index in [0.717, 1.165) is 5.65 Å². The predicted octanol–water partition coefficient (Wildman–Crippen LogP) is 1.66.